The van der Waals surface area contributed by atoms with Gasteiger partial charge in [0.05, 0.1) is 13.2 Å². The predicted molar refractivity (Wildman–Crippen MR) is 73.5 cm³/mol. The molecule has 0 amide bonds. The van der Waals surface area contributed by atoms with Gasteiger partial charge >= 0.3 is 0 Å². The van der Waals surface area contributed by atoms with Crippen LogP contribution in [0.4, 0.5) is 0 Å². The molecule has 0 bridgehead atoms. The summed E-state index contributed by atoms with van der Waals surface area (Å²) >= 11 is 0. The van der Waals surface area contributed by atoms with Crippen LogP contribution in [0.3, 0.4) is 0 Å². The highest BCUT2D eigenvalue weighted by Crippen LogP contribution is 2.15. The third-order valence-electron chi connectivity index (χ3n) is 3.19. The predicted octanol–water partition coefficient (Wildman–Crippen LogP) is 0.678. The van der Waals surface area contributed by atoms with E-state index in [1.165, 1.54) is 0 Å². The molecule has 0 aromatic heterocycles. The summed E-state index contributed by atoms with van der Waals surface area (Å²) < 4.78 is 5.28. The average molecular weight is 257 g/mol. The van der Waals surface area contributed by atoms with Gasteiger partial charge in [0.25, 0.3) is 0 Å². The lowest BCUT2D eigenvalue weighted by Crippen LogP contribution is -2.45. The van der Waals surface area contributed by atoms with Crippen molar-refractivity contribution in [1.29, 1.82) is 0 Å². The van der Waals surface area contributed by atoms with Crippen molar-refractivity contribution in [2.75, 3.05) is 39.5 Å². The Bertz CT molecular complexity index is 251. The van der Waals surface area contributed by atoms with Crippen molar-refractivity contribution in [3.8, 4) is 0 Å². The first-order valence-corrected chi connectivity index (χ1v) is 6.87. The summed E-state index contributed by atoms with van der Waals surface area (Å²) in [6.07, 6.45) is 1.89. The maximum absolute atomic E-state index is 9.06. The van der Waals surface area contributed by atoms with E-state index in [1.807, 2.05) is 0 Å². The largest absolute Gasteiger partial charge is 0.396 e. The quantitative estimate of drug-likeness (QED) is 0.542. The van der Waals surface area contributed by atoms with Gasteiger partial charge < -0.3 is 20.5 Å². The first kappa shape index (κ1) is 15.2. The zero-order valence-electron chi connectivity index (χ0n) is 11.6. The van der Waals surface area contributed by atoms with Crippen molar-refractivity contribution in [2.45, 2.75) is 26.7 Å². The Morgan fingerprint density at radius 2 is 2.06 bits per heavy atom. The topological polar surface area (TPSA) is 71.1 Å². The van der Waals surface area contributed by atoms with Crippen molar-refractivity contribution in [3.63, 3.8) is 0 Å². The minimum absolute atomic E-state index is 0.227. The number of aliphatic hydroxyl groups is 1. The summed E-state index contributed by atoms with van der Waals surface area (Å²) in [7, 11) is 0. The second-order valence-corrected chi connectivity index (χ2v) is 5.31. The first-order valence-electron chi connectivity index (χ1n) is 6.87. The molecule has 0 saturated carbocycles. The molecule has 3 N–H and O–H groups in total. The monoisotopic (exact) mass is 257 g/mol. The fraction of sp³-hybridized carbons (Fsp3) is 0.923. The molecule has 1 aliphatic heterocycles. The van der Waals surface area contributed by atoms with E-state index in [0.29, 0.717) is 24.3 Å². The fourth-order valence-corrected chi connectivity index (χ4v) is 2.25. The molecule has 1 atom stereocenters. The second-order valence-electron chi connectivity index (χ2n) is 5.31. The molecule has 5 heteroatoms. The lowest BCUT2D eigenvalue weighted by molar-refractivity contribution is 0.0673. The maximum Gasteiger partial charge on any atom is 0.191 e. The SMILES string of the molecule is CC(C)CC(CCO)CN=C(N)N1CCOCC1. The number of hydrogen-bond donors (Lipinski definition) is 2. The minimum atomic E-state index is 0.227. The Balaban J connectivity index is 2.41. The van der Waals surface area contributed by atoms with Crippen LogP contribution in [0.5, 0.6) is 0 Å². The summed E-state index contributed by atoms with van der Waals surface area (Å²) in [4.78, 5) is 6.54. The maximum atomic E-state index is 9.06. The highest BCUT2D eigenvalue weighted by atomic mass is 16.5. The van der Waals surface area contributed by atoms with Crippen molar-refractivity contribution in [2.24, 2.45) is 22.6 Å². The lowest BCUT2D eigenvalue weighted by atomic mass is 9.94. The van der Waals surface area contributed by atoms with Crippen LogP contribution in [0.1, 0.15) is 26.7 Å². The van der Waals surface area contributed by atoms with Crippen LogP contribution >= 0.6 is 0 Å². The van der Waals surface area contributed by atoms with Crippen molar-refractivity contribution in [1.82, 2.24) is 4.90 Å². The van der Waals surface area contributed by atoms with E-state index in [-0.39, 0.29) is 6.61 Å². The van der Waals surface area contributed by atoms with Crippen LogP contribution in [-0.2, 0) is 4.74 Å². The summed E-state index contributed by atoms with van der Waals surface area (Å²) in [6.45, 7) is 8.42. The molecular formula is C13H27N3O2. The highest BCUT2D eigenvalue weighted by Gasteiger charge is 2.14. The van der Waals surface area contributed by atoms with E-state index in [0.717, 1.165) is 39.1 Å². The van der Waals surface area contributed by atoms with Gasteiger partial charge in [0.1, 0.15) is 0 Å². The molecule has 1 unspecified atom stereocenters. The molecule has 0 aromatic rings. The summed E-state index contributed by atoms with van der Waals surface area (Å²) in [5.74, 6) is 1.67. The highest BCUT2D eigenvalue weighted by molar-refractivity contribution is 5.78. The number of hydrogen-bond acceptors (Lipinski definition) is 3. The van der Waals surface area contributed by atoms with Gasteiger partial charge in [0.15, 0.2) is 5.96 Å². The molecule has 18 heavy (non-hydrogen) atoms. The average Bonchev–Trinajstić information content (AvgIpc) is 2.36. The third-order valence-corrected chi connectivity index (χ3v) is 3.19. The Labute approximate surface area is 110 Å². The Hall–Kier alpha value is -0.810. The van der Waals surface area contributed by atoms with Crippen LogP contribution in [0.25, 0.3) is 0 Å². The second kappa shape index (κ2) is 8.32. The molecule has 106 valence electrons. The molecule has 0 spiro atoms. The van der Waals surface area contributed by atoms with Crippen molar-refractivity contribution < 1.29 is 9.84 Å². The summed E-state index contributed by atoms with van der Waals surface area (Å²) in [5.41, 5.74) is 5.98. The van der Waals surface area contributed by atoms with Crippen LogP contribution in [0.2, 0.25) is 0 Å². The van der Waals surface area contributed by atoms with E-state index in [1.54, 1.807) is 0 Å². The fourth-order valence-electron chi connectivity index (χ4n) is 2.25. The zero-order chi connectivity index (χ0) is 13.4. The smallest absolute Gasteiger partial charge is 0.191 e. The van der Waals surface area contributed by atoms with Crippen LogP contribution < -0.4 is 5.73 Å². The molecule has 0 radical (unpaired) electrons. The minimum Gasteiger partial charge on any atom is -0.396 e. The zero-order valence-corrected chi connectivity index (χ0v) is 11.6. The number of nitrogens with zero attached hydrogens (tertiary/aromatic N) is 2. The normalized spacial score (nSPS) is 19.3. The van der Waals surface area contributed by atoms with E-state index < -0.39 is 0 Å². The van der Waals surface area contributed by atoms with Crippen LogP contribution in [-0.4, -0.2) is 55.4 Å². The molecule has 1 fully saturated rings. The molecule has 1 saturated heterocycles. The molecule has 0 aromatic carbocycles. The van der Waals surface area contributed by atoms with Crippen molar-refractivity contribution >= 4 is 5.96 Å². The van der Waals surface area contributed by atoms with Gasteiger partial charge in [0.2, 0.25) is 0 Å². The number of aliphatic imine (C=N–C) groups is 1. The van der Waals surface area contributed by atoms with Gasteiger partial charge in [-0.2, -0.15) is 0 Å². The number of rotatable bonds is 6. The third kappa shape index (κ3) is 5.69. The van der Waals surface area contributed by atoms with E-state index in [4.69, 9.17) is 15.6 Å². The van der Waals surface area contributed by atoms with Gasteiger partial charge in [-0.3, -0.25) is 4.99 Å². The Kier molecular flexibility index (Phi) is 7.05. The number of ether oxygens (including phenoxy) is 1. The van der Waals surface area contributed by atoms with Gasteiger partial charge in [-0.15, -0.1) is 0 Å². The number of nitrogens with two attached hydrogens (primary N) is 1. The van der Waals surface area contributed by atoms with Crippen molar-refractivity contribution in [3.05, 3.63) is 0 Å². The standard InChI is InChI=1S/C13H27N3O2/c1-11(2)9-12(3-6-17)10-15-13(14)16-4-7-18-8-5-16/h11-12,17H,3-10H2,1-2H3,(H2,14,15). The van der Waals surface area contributed by atoms with Gasteiger partial charge in [-0.05, 0) is 24.7 Å². The Morgan fingerprint density at radius 1 is 1.39 bits per heavy atom. The van der Waals surface area contributed by atoms with Crippen LogP contribution in [0.15, 0.2) is 4.99 Å². The number of aliphatic hydroxyl groups excluding tert-OH is 1. The van der Waals surface area contributed by atoms with Gasteiger partial charge in [-0.25, -0.2) is 0 Å². The van der Waals surface area contributed by atoms with Gasteiger partial charge in [0, 0.05) is 26.2 Å². The summed E-state index contributed by atoms with van der Waals surface area (Å²) in [5, 5.41) is 9.06. The Morgan fingerprint density at radius 3 is 2.61 bits per heavy atom. The molecule has 5 nitrogen and oxygen atoms in total. The molecule has 1 heterocycles. The molecule has 0 aliphatic carbocycles. The number of guanidine groups is 1. The number of morpholine rings is 1. The molecule has 1 rings (SSSR count). The molecule has 1 aliphatic rings. The van der Waals surface area contributed by atoms with Crippen LogP contribution in [0, 0.1) is 11.8 Å². The van der Waals surface area contributed by atoms with E-state index in [9.17, 15) is 0 Å². The van der Waals surface area contributed by atoms with E-state index in [2.05, 4.69) is 23.7 Å². The summed E-state index contributed by atoms with van der Waals surface area (Å²) in [6, 6.07) is 0. The van der Waals surface area contributed by atoms with Gasteiger partial charge in [-0.1, -0.05) is 13.8 Å². The lowest BCUT2D eigenvalue weighted by Gasteiger charge is -2.28. The first-order chi connectivity index (χ1) is 8.63. The molecular weight excluding hydrogens is 230 g/mol. The van der Waals surface area contributed by atoms with E-state index >= 15 is 0 Å².